The van der Waals surface area contributed by atoms with Crippen molar-refractivity contribution in [2.45, 2.75) is 31.4 Å². The van der Waals surface area contributed by atoms with Crippen molar-refractivity contribution < 1.29 is 14.3 Å². The molecule has 2 bridgehead atoms. The molecule has 2 aromatic rings. The van der Waals surface area contributed by atoms with E-state index in [1.54, 1.807) is 23.2 Å². The van der Waals surface area contributed by atoms with Crippen LogP contribution in [0.5, 0.6) is 0 Å². The monoisotopic (exact) mass is 344 g/mol. The molecule has 0 amide bonds. The van der Waals surface area contributed by atoms with Crippen molar-refractivity contribution in [3.05, 3.63) is 42.0 Å². The van der Waals surface area contributed by atoms with Gasteiger partial charge in [-0.1, -0.05) is 6.08 Å². The van der Waals surface area contributed by atoms with Crippen molar-refractivity contribution in [2.24, 2.45) is 0 Å². The number of ether oxygens (including phenoxy) is 2. The lowest BCUT2D eigenvalue weighted by atomic mass is 10.0. The Hall–Kier alpha value is -2.16. The molecule has 7 nitrogen and oxygen atoms in total. The third kappa shape index (κ3) is 2.43. The number of nitrogens with zero attached hydrogens (tertiary/aromatic N) is 4. The SMILES string of the molecule is C=CCn1c(-c2cccnc2)nn([C@@H]2CC(=O)[C@@H]3OC[C@H]2O3)c1=S. The van der Waals surface area contributed by atoms with Crippen molar-refractivity contribution in [1.82, 2.24) is 19.3 Å². The van der Waals surface area contributed by atoms with Crippen LogP contribution in [0.25, 0.3) is 11.4 Å². The van der Waals surface area contributed by atoms with Gasteiger partial charge in [0.1, 0.15) is 6.10 Å². The molecule has 0 radical (unpaired) electrons. The number of hydrogen-bond acceptors (Lipinski definition) is 6. The molecule has 2 aliphatic heterocycles. The molecule has 8 heteroatoms. The number of allylic oxidation sites excluding steroid dienone is 1. The van der Waals surface area contributed by atoms with Crippen LogP contribution in [-0.2, 0) is 20.8 Å². The largest absolute Gasteiger partial charge is 0.343 e. The quantitative estimate of drug-likeness (QED) is 0.623. The van der Waals surface area contributed by atoms with E-state index in [-0.39, 0.29) is 17.9 Å². The maximum absolute atomic E-state index is 12.1. The van der Waals surface area contributed by atoms with Crippen molar-refractivity contribution in [2.75, 3.05) is 6.61 Å². The number of carbonyl (C=O) groups is 1. The highest BCUT2D eigenvalue weighted by atomic mass is 32.1. The lowest BCUT2D eigenvalue weighted by Gasteiger charge is -2.26. The fraction of sp³-hybridized carbons (Fsp3) is 0.375. The van der Waals surface area contributed by atoms with Crippen LogP contribution in [0.1, 0.15) is 12.5 Å². The number of aromatic nitrogens is 4. The minimum Gasteiger partial charge on any atom is -0.343 e. The van der Waals surface area contributed by atoms with Crippen LogP contribution in [-0.4, -0.2) is 44.1 Å². The summed E-state index contributed by atoms with van der Waals surface area (Å²) in [7, 11) is 0. The van der Waals surface area contributed by atoms with E-state index >= 15 is 0 Å². The van der Waals surface area contributed by atoms with Gasteiger partial charge in [-0.15, -0.1) is 6.58 Å². The van der Waals surface area contributed by atoms with Crippen LogP contribution in [0.15, 0.2) is 37.2 Å². The third-order valence-corrected chi connectivity index (χ3v) is 4.65. The summed E-state index contributed by atoms with van der Waals surface area (Å²) < 4.78 is 15.1. The summed E-state index contributed by atoms with van der Waals surface area (Å²) in [6.45, 7) is 4.68. The average Bonchev–Trinajstić information content (AvgIpc) is 3.17. The second-order valence-electron chi connectivity index (χ2n) is 5.77. The number of Topliss-reactive ketones (excluding diaryl/α,β-unsaturated/α-hetero) is 1. The van der Waals surface area contributed by atoms with Gasteiger partial charge in [0.15, 0.2) is 16.4 Å². The Morgan fingerprint density at radius 3 is 3.12 bits per heavy atom. The molecule has 0 saturated carbocycles. The normalized spacial score (nSPS) is 25.8. The molecule has 2 aliphatic rings. The second-order valence-corrected chi connectivity index (χ2v) is 6.13. The molecule has 2 fully saturated rings. The Kier molecular flexibility index (Phi) is 3.87. The summed E-state index contributed by atoms with van der Waals surface area (Å²) in [5.41, 5.74) is 0.854. The Morgan fingerprint density at radius 1 is 1.50 bits per heavy atom. The van der Waals surface area contributed by atoms with Gasteiger partial charge in [0.05, 0.1) is 12.6 Å². The lowest BCUT2D eigenvalue weighted by Crippen LogP contribution is -2.37. The molecule has 124 valence electrons. The first-order chi connectivity index (χ1) is 11.7. The fourth-order valence-electron chi connectivity index (χ4n) is 3.10. The molecule has 0 spiro atoms. The van der Waals surface area contributed by atoms with E-state index in [0.29, 0.717) is 30.2 Å². The number of fused-ring (bicyclic) bond motifs is 2. The highest BCUT2D eigenvalue weighted by molar-refractivity contribution is 7.71. The standard InChI is InChI=1S/C16H16N4O3S/c1-2-6-19-14(10-4-3-5-17-8-10)18-20(16(19)24)11-7-12(21)15-22-9-13(11)23-15/h2-5,8,11,13,15H,1,6-7,9H2/t11-,13-,15-/m1/s1. The predicted octanol–water partition coefficient (Wildman–Crippen LogP) is 1.92. The Bertz CT molecular complexity index is 845. The molecule has 4 heterocycles. The molecule has 3 atom stereocenters. The Balaban J connectivity index is 1.81. The zero-order valence-electron chi connectivity index (χ0n) is 12.9. The van der Waals surface area contributed by atoms with Gasteiger partial charge in [-0.2, -0.15) is 5.10 Å². The van der Waals surface area contributed by atoms with Gasteiger partial charge in [-0.3, -0.25) is 14.3 Å². The topological polar surface area (TPSA) is 71.2 Å². The van der Waals surface area contributed by atoms with E-state index in [2.05, 4.69) is 16.7 Å². The van der Waals surface area contributed by atoms with Gasteiger partial charge in [-0.05, 0) is 24.4 Å². The molecule has 2 aromatic heterocycles. The molecule has 0 aliphatic carbocycles. The zero-order valence-corrected chi connectivity index (χ0v) is 13.7. The number of rotatable bonds is 4. The second kappa shape index (κ2) is 6.04. The van der Waals surface area contributed by atoms with Gasteiger partial charge in [-0.25, -0.2) is 4.68 Å². The Morgan fingerprint density at radius 2 is 2.38 bits per heavy atom. The summed E-state index contributed by atoms with van der Waals surface area (Å²) in [5, 5.41) is 4.67. The maximum atomic E-state index is 12.1. The first-order valence-corrected chi connectivity index (χ1v) is 8.10. The van der Waals surface area contributed by atoms with E-state index in [0.717, 1.165) is 5.56 Å². The molecular formula is C16H16N4O3S. The summed E-state index contributed by atoms with van der Waals surface area (Å²) in [4.78, 5) is 16.2. The summed E-state index contributed by atoms with van der Waals surface area (Å²) in [6.07, 6.45) is 4.57. The molecule has 24 heavy (non-hydrogen) atoms. The molecular weight excluding hydrogens is 328 g/mol. The number of hydrogen-bond donors (Lipinski definition) is 0. The predicted molar refractivity (Wildman–Crippen MR) is 87.8 cm³/mol. The zero-order chi connectivity index (χ0) is 16.7. The molecule has 4 rings (SSSR count). The van der Waals surface area contributed by atoms with Crippen molar-refractivity contribution in [3.63, 3.8) is 0 Å². The van der Waals surface area contributed by atoms with Crippen LogP contribution in [0.3, 0.4) is 0 Å². The smallest absolute Gasteiger partial charge is 0.218 e. The van der Waals surface area contributed by atoms with Crippen LogP contribution in [0.4, 0.5) is 0 Å². The minimum absolute atomic E-state index is 0.0724. The third-order valence-electron chi connectivity index (χ3n) is 4.24. The van der Waals surface area contributed by atoms with Crippen LogP contribution < -0.4 is 0 Å². The number of pyridine rings is 1. The van der Waals surface area contributed by atoms with Gasteiger partial charge in [0.2, 0.25) is 6.29 Å². The fourth-order valence-corrected chi connectivity index (χ4v) is 3.44. The minimum atomic E-state index is -0.728. The molecule has 0 aromatic carbocycles. The Labute approximate surface area is 143 Å². The van der Waals surface area contributed by atoms with Crippen LogP contribution in [0.2, 0.25) is 0 Å². The van der Waals surface area contributed by atoms with E-state index in [1.807, 2.05) is 16.7 Å². The number of carbonyl (C=O) groups excluding carboxylic acids is 1. The lowest BCUT2D eigenvalue weighted by molar-refractivity contribution is -0.156. The maximum Gasteiger partial charge on any atom is 0.218 e. The molecule has 0 N–H and O–H groups in total. The summed E-state index contributed by atoms with van der Waals surface area (Å²) in [5.74, 6) is 0.623. The van der Waals surface area contributed by atoms with E-state index in [9.17, 15) is 4.79 Å². The first-order valence-electron chi connectivity index (χ1n) is 7.69. The summed E-state index contributed by atoms with van der Waals surface area (Å²) >= 11 is 5.60. The number of ketones is 1. The van der Waals surface area contributed by atoms with Gasteiger partial charge >= 0.3 is 0 Å². The molecule has 2 saturated heterocycles. The highest BCUT2D eigenvalue weighted by Crippen LogP contribution is 2.33. The summed E-state index contributed by atoms with van der Waals surface area (Å²) in [6, 6.07) is 3.51. The van der Waals surface area contributed by atoms with E-state index in [1.165, 1.54) is 0 Å². The first kappa shape index (κ1) is 15.4. The van der Waals surface area contributed by atoms with Crippen molar-refractivity contribution in [3.8, 4) is 11.4 Å². The van der Waals surface area contributed by atoms with Crippen molar-refractivity contribution >= 4 is 18.0 Å². The highest BCUT2D eigenvalue weighted by Gasteiger charge is 2.45. The van der Waals surface area contributed by atoms with Crippen LogP contribution >= 0.6 is 12.2 Å². The van der Waals surface area contributed by atoms with Crippen molar-refractivity contribution in [1.29, 1.82) is 0 Å². The van der Waals surface area contributed by atoms with Gasteiger partial charge in [0.25, 0.3) is 0 Å². The van der Waals surface area contributed by atoms with Gasteiger partial charge in [0, 0.05) is 30.9 Å². The van der Waals surface area contributed by atoms with Crippen LogP contribution in [0, 0.1) is 4.77 Å². The van der Waals surface area contributed by atoms with E-state index < -0.39 is 6.29 Å². The molecule has 0 unspecified atom stereocenters. The average molecular weight is 344 g/mol. The van der Waals surface area contributed by atoms with E-state index in [4.69, 9.17) is 21.7 Å². The van der Waals surface area contributed by atoms with Gasteiger partial charge < -0.3 is 9.47 Å².